The maximum Gasteiger partial charge on any atom is 0.153 e. The van der Waals surface area contributed by atoms with Crippen molar-refractivity contribution < 1.29 is 4.42 Å². The largest absolute Gasteiger partial charge is 0.454 e. The van der Waals surface area contributed by atoms with Crippen LogP contribution < -0.4 is 0 Å². The lowest BCUT2D eigenvalue weighted by Crippen LogP contribution is -2.28. The van der Waals surface area contributed by atoms with Gasteiger partial charge in [-0.15, -0.1) is 12.4 Å². The molecular formula is C25H32Cl2N2O. The Morgan fingerprint density at radius 2 is 1.33 bits per heavy atom. The summed E-state index contributed by atoms with van der Waals surface area (Å²) in [6.07, 6.45) is 1.14. The maximum atomic E-state index is 6.86. The highest BCUT2D eigenvalue weighted by Gasteiger charge is 2.22. The molecule has 0 radical (unpaired) electrons. The number of halogens is 2. The Kier molecular flexibility index (Phi) is 9.93. The molecule has 2 aromatic carbocycles. The van der Waals surface area contributed by atoms with Crippen LogP contribution in [0.4, 0.5) is 0 Å². The molecule has 0 bridgehead atoms. The van der Waals surface area contributed by atoms with Crippen LogP contribution in [-0.4, -0.2) is 43.0 Å². The van der Waals surface area contributed by atoms with Crippen molar-refractivity contribution in [3.8, 4) is 22.6 Å². The van der Waals surface area contributed by atoms with E-state index >= 15 is 0 Å². The van der Waals surface area contributed by atoms with Gasteiger partial charge in [0, 0.05) is 23.2 Å². The molecule has 0 unspecified atom stereocenters. The number of hydrogen-bond acceptors (Lipinski definition) is 3. The number of benzene rings is 2. The first-order chi connectivity index (χ1) is 14.1. The summed E-state index contributed by atoms with van der Waals surface area (Å²) in [5, 5.41) is 0.714. The average molecular weight is 447 g/mol. The van der Waals surface area contributed by atoms with Crippen LogP contribution in [0.1, 0.15) is 25.8 Å². The van der Waals surface area contributed by atoms with Crippen LogP contribution in [0.15, 0.2) is 65.1 Å². The first kappa shape index (κ1) is 24.5. The van der Waals surface area contributed by atoms with E-state index in [0.29, 0.717) is 5.02 Å². The predicted molar refractivity (Wildman–Crippen MR) is 131 cm³/mol. The van der Waals surface area contributed by atoms with E-state index in [1.165, 1.54) is 0 Å². The van der Waals surface area contributed by atoms with Gasteiger partial charge in [-0.2, -0.15) is 0 Å². The monoisotopic (exact) mass is 446 g/mol. The van der Waals surface area contributed by atoms with Crippen LogP contribution >= 0.6 is 24.0 Å². The molecule has 3 rings (SSSR count). The molecule has 3 aromatic rings. The lowest BCUT2D eigenvalue weighted by atomic mass is 10.1. The fourth-order valence-electron chi connectivity index (χ4n) is 3.64. The van der Waals surface area contributed by atoms with Crippen LogP contribution in [0.2, 0.25) is 5.02 Å². The molecule has 0 N–H and O–H groups in total. The number of hydrogen-bond donors (Lipinski definition) is 0. The highest BCUT2D eigenvalue weighted by Crippen LogP contribution is 2.40. The molecular weight excluding hydrogens is 415 g/mol. The maximum absolute atomic E-state index is 6.86. The van der Waals surface area contributed by atoms with E-state index in [0.717, 1.165) is 67.4 Å². The van der Waals surface area contributed by atoms with Gasteiger partial charge < -0.3 is 14.2 Å². The van der Waals surface area contributed by atoms with Crippen molar-refractivity contribution in [2.75, 3.05) is 33.2 Å². The molecule has 5 heteroatoms. The average Bonchev–Trinajstić information content (AvgIpc) is 3.08. The minimum atomic E-state index is 0. The van der Waals surface area contributed by atoms with Gasteiger partial charge in [-0.3, -0.25) is 0 Å². The minimum absolute atomic E-state index is 0. The lowest BCUT2D eigenvalue weighted by Gasteiger charge is -2.21. The molecule has 0 aliphatic heterocycles. The van der Waals surface area contributed by atoms with Gasteiger partial charge in [0.15, 0.2) is 5.76 Å². The molecule has 162 valence electrons. The van der Waals surface area contributed by atoms with Crippen molar-refractivity contribution in [1.29, 1.82) is 0 Å². The molecule has 0 atom stereocenters. The van der Waals surface area contributed by atoms with Gasteiger partial charge >= 0.3 is 0 Å². The highest BCUT2D eigenvalue weighted by atomic mass is 35.5. The molecule has 0 fully saturated rings. The van der Waals surface area contributed by atoms with Crippen LogP contribution in [-0.2, 0) is 6.54 Å². The van der Waals surface area contributed by atoms with Crippen LogP contribution in [0.3, 0.4) is 0 Å². The van der Waals surface area contributed by atoms with Gasteiger partial charge in [0.05, 0.1) is 5.02 Å². The molecule has 30 heavy (non-hydrogen) atoms. The van der Waals surface area contributed by atoms with E-state index in [1.54, 1.807) is 0 Å². The van der Waals surface area contributed by atoms with Gasteiger partial charge in [-0.25, -0.2) is 0 Å². The predicted octanol–water partition coefficient (Wildman–Crippen LogP) is 6.85. The second kappa shape index (κ2) is 12.2. The van der Waals surface area contributed by atoms with Crippen molar-refractivity contribution in [2.24, 2.45) is 0 Å². The van der Waals surface area contributed by atoms with Crippen molar-refractivity contribution in [3.05, 3.63) is 71.2 Å². The van der Waals surface area contributed by atoms with E-state index in [-0.39, 0.29) is 12.4 Å². The first-order valence-corrected chi connectivity index (χ1v) is 10.8. The number of nitrogens with zero attached hydrogens (tertiary/aromatic N) is 2. The highest BCUT2D eigenvalue weighted by molar-refractivity contribution is 6.34. The van der Waals surface area contributed by atoms with Crippen molar-refractivity contribution in [3.63, 3.8) is 0 Å². The van der Waals surface area contributed by atoms with Crippen molar-refractivity contribution in [1.82, 2.24) is 9.80 Å². The SMILES string of the molecule is CCN(CC)CCCN(C)Cc1c(-c2ccccc2)oc(-c2ccccc2)c1Cl.Cl. The Hall–Kier alpha value is -1.78. The van der Waals surface area contributed by atoms with Gasteiger partial charge in [0.1, 0.15) is 5.76 Å². The van der Waals surface area contributed by atoms with Gasteiger partial charge in [0.25, 0.3) is 0 Å². The van der Waals surface area contributed by atoms with E-state index in [2.05, 4.69) is 42.8 Å². The summed E-state index contributed by atoms with van der Waals surface area (Å²) in [6, 6.07) is 20.3. The van der Waals surface area contributed by atoms with Crippen molar-refractivity contribution in [2.45, 2.75) is 26.8 Å². The second-order valence-corrected chi connectivity index (χ2v) is 7.78. The quantitative estimate of drug-likeness (QED) is 0.339. The fraction of sp³-hybridized carbons (Fsp3) is 0.360. The Labute approximate surface area is 192 Å². The lowest BCUT2D eigenvalue weighted by molar-refractivity contribution is 0.259. The third-order valence-corrected chi connectivity index (χ3v) is 5.75. The Morgan fingerprint density at radius 1 is 0.800 bits per heavy atom. The van der Waals surface area contributed by atoms with Crippen LogP contribution in [0.25, 0.3) is 22.6 Å². The minimum Gasteiger partial charge on any atom is -0.454 e. The summed E-state index contributed by atoms with van der Waals surface area (Å²) in [6.45, 7) is 9.55. The Balaban J connectivity index is 0.00000320. The summed E-state index contributed by atoms with van der Waals surface area (Å²) in [4.78, 5) is 4.79. The zero-order valence-electron chi connectivity index (χ0n) is 18.1. The second-order valence-electron chi connectivity index (χ2n) is 7.40. The van der Waals surface area contributed by atoms with Crippen LogP contribution in [0, 0.1) is 0 Å². The molecule has 3 nitrogen and oxygen atoms in total. The molecule has 0 aliphatic rings. The smallest absolute Gasteiger partial charge is 0.153 e. The van der Waals surface area contributed by atoms with Crippen LogP contribution in [0.5, 0.6) is 0 Å². The molecule has 0 saturated heterocycles. The number of rotatable bonds is 10. The Morgan fingerprint density at radius 3 is 1.87 bits per heavy atom. The summed E-state index contributed by atoms with van der Waals surface area (Å²) in [5.74, 6) is 1.61. The van der Waals surface area contributed by atoms with Gasteiger partial charge in [-0.1, -0.05) is 86.1 Å². The summed E-state index contributed by atoms with van der Waals surface area (Å²) in [5.41, 5.74) is 3.12. The molecule has 0 amide bonds. The van der Waals surface area contributed by atoms with Gasteiger partial charge in [-0.05, 0) is 39.6 Å². The third kappa shape index (κ3) is 6.12. The number of furan rings is 1. The molecule has 0 spiro atoms. The molecule has 1 aromatic heterocycles. The fourth-order valence-corrected chi connectivity index (χ4v) is 3.93. The zero-order valence-corrected chi connectivity index (χ0v) is 19.7. The van der Waals surface area contributed by atoms with E-state index in [4.69, 9.17) is 16.0 Å². The Bertz CT molecular complexity index is 877. The van der Waals surface area contributed by atoms with E-state index in [1.807, 2.05) is 48.5 Å². The topological polar surface area (TPSA) is 19.6 Å². The van der Waals surface area contributed by atoms with E-state index < -0.39 is 0 Å². The third-order valence-electron chi connectivity index (χ3n) is 5.35. The van der Waals surface area contributed by atoms with Gasteiger partial charge in [0.2, 0.25) is 0 Å². The zero-order chi connectivity index (χ0) is 20.6. The molecule has 0 saturated carbocycles. The summed E-state index contributed by atoms with van der Waals surface area (Å²) < 4.78 is 6.33. The molecule has 1 heterocycles. The normalized spacial score (nSPS) is 11.1. The summed E-state index contributed by atoms with van der Waals surface area (Å²) in [7, 11) is 2.16. The first-order valence-electron chi connectivity index (χ1n) is 10.5. The van der Waals surface area contributed by atoms with E-state index in [9.17, 15) is 0 Å². The van der Waals surface area contributed by atoms with Crippen molar-refractivity contribution >= 4 is 24.0 Å². The standard InChI is InChI=1S/C25H31ClN2O.ClH/c1-4-28(5-2)18-12-17-27(3)19-22-23(26)25(21-15-10-7-11-16-21)29-24(22)20-13-8-6-9-14-20;/h6-11,13-16H,4-5,12,17-19H2,1-3H3;1H. The molecule has 0 aliphatic carbocycles. The summed E-state index contributed by atoms with van der Waals surface area (Å²) >= 11 is 6.86.